The zero-order valence-corrected chi connectivity index (χ0v) is 16.7. The molecule has 0 spiro atoms. The highest BCUT2D eigenvalue weighted by molar-refractivity contribution is 5.94. The number of fused-ring (bicyclic) bond motifs is 1. The van der Waals surface area contributed by atoms with Gasteiger partial charge in [0.05, 0.1) is 0 Å². The summed E-state index contributed by atoms with van der Waals surface area (Å²) in [6.45, 7) is 2.56. The lowest BCUT2D eigenvalue weighted by molar-refractivity contribution is -0.124. The van der Waals surface area contributed by atoms with Gasteiger partial charge in [0.25, 0.3) is 5.91 Å². The summed E-state index contributed by atoms with van der Waals surface area (Å²) in [6.07, 6.45) is 2.39. The summed E-state index contributed by atoms with van der Waals surface area (Å²) in [5.74, 6) is 0.602. The molecule has 4 rings (SSSR count). The molecule has 0 saturated heterocycles. The fourth-order valence-electron chi connectivity index (χ4n) is 3.99. The lowest BCUT2D eigenvalue weighted by atomic mass is 10.1. The zero-order valence-electron chi connectivity index (χ0n) is 16.7. The standard InChI is InChI=1S/C23H25N3O3/c1-3-24-21(27)17-12-13-18(14-17)26(2)23(28)16-10-8-15(9-11-16)22-25-19-6-4-5-7-20(19)29-22/h4-11,17-18H,3,12-14H2,1-2H3,(H,24,27)/t17-,18+/m0/s1. The molecule has 1 fully saturated rings. The average molecular weight is 391 g/mol. The predicted molar refractivity (Wildman–Crippen MR) is 111 cm³/mol. The Hall–Kier alpha value is -3.15. The van der Waals surface area contributed by atoms with Crippen LogP contribution in [0.15, 0.2) is 52.9 Å². The average Bonchev–Trinajstić information content (AvgIpc) is 3.40. The lowest BCUT2D eigenvalue weighted by Crippen LogP contribution is -2.36. The number of hydrogen-bond donors (Lipinski definition) is 1. The van der Waals surface area contributed by atoms with Gasteiger partial charge in [0.2, 0.25) is 11.8 Å². The molecule has 2 atom stereocenters. The summed E-state index contributed by atoms with van der Waals surface area (Å²) >= 11 is 0. The molecule has 0 unspecified atom stereocenters. The fourth-order valence-corrected chi connectivity index (χ4v) is 3.99. The van der Waals surface area contributed by atoms with E-state index in [1.54, 1.807) is 17.0 Å². The van der Waals surface area contributed by atoms with Gasteiger partial charge in [0.15, 0.2) is 5.58 Å². The van der Waals surface area contributed by atoms with E-state index in [4.69, 9.17) is 4.42 Å². The normalized spacial score (nSPS) is 18.7. The lowest BCUT2D eigenvalue weighted by Gasteiger charge is -2.25. The molecule has 29 heavy (non-hydrogen) atoms. The number of carbonyl (C=O) groups excluding carboxylic acids is 2. The molecule has 1 N–H and O–H groups in total. The second-order valence-electron chi connectivity index (χ2n) is 7.54. The fraction of sp³-hybridized carbons (Fsp3) is 0.348. The van der Waals surface area contributed by atoms with E-state index >= 15 is 0 Å². The van der Waals surface area contributed by atoms with E-state index in [0.717, 1.165) is 35.9 Å². The Balaban J connectivity index is 1.44. The second-order valence-corrected chi connectivity index (χ2v) is 7.54. The van der Waals surface area contributed by atoms with E-state index in [1.807, 2.05) is 50.4 Å². The van der Waals surface area contributed by atoms with Crippen LogP contribution in [0.3, 0.4) is 0 Å². The Bertz CT molecular complexity index is 992. The largest absolute Gasteiger partial charge is 0.436 e. The number of oxazole rings is 1. The van der Waals surface area contributed by atoms with Crippen LogP contribution in [0.4, 0.5) is 0 Å². The van der Waals surface area contributed by atoms with Crippen molar-refractivity contribution in [1.29, 1.82) is 0 Å². The van der Waals surface area contributed by atoms with Crippen molar-refractivity contribution in [2.45, 2.75) is 32.2 Å². The molecule has 1 heterocycles. The van der Waals surface area contributed by atoms with E-state index < -0.39 is 0 Å². The first kappa shape index (κ1) is 19.2. The van der Waals surface area contributed by atoms with Crippen LogP contribution in [0, 0.1) is 5.92 Å². The van der Waals surface area contributed by atoms with E-state index in [1.165, 1.54) is 0 Å². The highest BCUT2D eigenvalue weighted by atomic mass is 16.3. The first-order chi connectivity index (χ1) is 14.1. The number of hydrogen-bond acceptors (Lipinski definition) is 4. The molecule has 1 aliphatic carbocycles. The number of aromatic nitrogens is 1. The Morgan fingerprint density at radius 2 is 1.90 bits per heavy atom. The van der Waals surface area contributed by atoms with Gasteiger partial charge in [0, 0.05) is 36.7 Å². The summed E-state index contributed by atoms with van der Waals surface area (Å²) < 4.78 is 5.79. The predicted octanol–water partition coefficient (Wildman–Crippen LogP) is 3.87. The number of nitrogens with one attached hydrogen (secondary N) is 1. The van der Waals surface area contributed by atoms with Crippen LogP contribution in [-0.2, 0) is 4.79 Å². The second kappa shape index (κ2) is 8.07. The molecule has 6 nitrogen and oxygen atoms in total. The minimum Gasteiger partial charge on any atom is -0.436 e. The summed E-state index contributed by atoms with van der Waals surface area (Å²) in [6, 6.07) is 15.0. The van der Waals surface area contributed by atoms with Gasteiger partial charge in [0.1, 0.15) is 5.52 Å². The Kier molecular flexibility index (Phi) is 5.34. The van der Waals surface area contributed by atoms with Crippen molar-refractivity contribution in [3.8, 4) is 11.5 Å². The monoisotopic (exact) mass is 391 g/mol. The van der Waals surface area contributed by atoms with Crippen LogP contribution >= 0.6 is 0 Å². The highest BCUT2D eigenvalue weighted by Crippen LogP contribution is 2.30. The van der Waals surface area contributed by atoms with Crippen molar-refractivity contribution >= 4 is 22.9 Å². The molecule has 1 saturated carbocycles. The van der Waals surface area contributed by atoms with E-state index in [0.29, 0.717) is 18.0 Å². The maximum absolute atomic E-state index is 12.9. The van der Waals surface area contributed by atoms with Gasteiger partial charge in [-0.05, 0) is 62.6 Å². The number of rotatable bonds is 5. The van der Waals surface area contributed by atoms with E-state index in [-0.39, 0.29) is 23.8 Å². The number of amides is 2. The third-order valence-corrected chi connectivity index (χ3v) is 5.67. The molecule has 1 aliphatic rings. The van der Waals surface area contributed by atoms with Gasteiger partial charge in [-0.2, -0.15) is 0 Å². The maximum atomic E-state index is 12.9. The molecule has 6 heteroatoms. The smallest absolute Gasteiger partial charge is 0.253 e. The van der Waals surface area contributed by atoms with Gasteiger partial charge in [-0.1, -0.05) is 12.1 Å². The molecule has 3 aromatic rings. The van der Waals surface area contributed by atoms with Crippen LogP contribution in [0.1, 0.15) is 36.5 Å². The third-order valence-electron chi connectivity index (χ3n) is 5.67. The summed E-state index contributed by atoms with van der Waals surface area (Å²) in [4.78, 5) is 31.2. The summed E-state index contributed by atoms with van der Waals surface area (Å²) in [5.41, 5.74) is 3.00. The van der Waals surface area contributed by atoms with Crippen LogP contribution < -0.4 is 5.32 Å². The Labute approximate surface area is 169 Å². The molecule has 2 amide bonds. The topological polar surface area (TPSA) is 75.4 Å². The quantitative estimate of drug-likeness (QED) is 0.716. The molecule has 150 valence electrons. The molecule has 1 aromatic heterocycles. The van der Waals surface area contributed by atoms with Gasteiger partial charge in [-0.15, -0.1) is 0 Å². The molecular weight excluding hydrogens is 366 g/mol. The number of para-hydroxylation sites is 2. The van der Waals surface area contributed by atoms with Crippen molar-refractivity contribution < 1.29 is 14.0 Å². The molecule has 2 aromatic carbocycles. The van der Waals surface area contributed by atoms with Gasteiger partial charge >= 0.3 is 0 Å². The number of benzene rings is 2. The van der Waals surface area contributed by atoms with Crippen molar-refractivity contribution in [2.24, 2.45) is 5.92 Å². The first-order valence-electron chi connectivity index (χ1n) is 10.1. The minimum atomic E-state index is -0.0318. The molecule has 0 bridgehead atoms. The van der Waals surface area contributed by atoms with Crippen LogP contribution in [-0.4, -0.2) is 41.3 Å². The van der Waals surface area contributed by atoms with Crippen LogP contribution in [0.5, 0.6) is 0 Å². The highest BCUT2D eigenvalue weighted by Gasteiger charge is 2.33. The third kappa shape index (κ3) is 3.88. The van der Waals surface area contributed by atoms with Crippen molar-refractivity contribution in [3.63, 3.8) is 0 Å². The van der Waals surface area contributed by atoms with E-state index in [9.17, 15) is 9.59 Å². The molecular formula is C23H25N3O3. The van der Waals surface area contributed by atoms with E-state index in [2.05, 4.69) is 10.3 Å². The minimum absolute atomic E-state index is 0.00302. The molecule has 0 aliphatic heterocycles. The van der Waals surface area contributed by atoms with Crippen LogP contribution in [0.2, 0.25) is 0 Å². The summed E-state index contributed by atoms with van der Waals surface area (Å²) in [7, 11) is 1.82. The van der Waals surface area contributed by atoms with Crippen molar-refractivity contribution in [2.75, 3.05) is 13.6 Å². The Morgan fingerprint density at radius 1 is 1.14 bits per heavy atom. The Morgan fingerprint density at radius 3 is 2.62 bits per heavy atom. The summed E-state index contributed by atoms with van der Waals surface area (Å²) in [5, 5.41) is 2.88. The zero-order chi connectivity index (χ0) is 20.4. The number of nitrogens with zero attached hydrogens (tertiary/aromatic N) is 2. The first-order valence-corrected chi connectivity index (χ1v) is 10.1. The molecule has 0 radical (unpaired) electrons. The van der Waals surface area contributed by atoms with Crippen molar-refractivity contribution in [3.05, 3.63) is 54.1 Å². The number of carbonyl (C=O) groups is 2. The van der Waals surface area contributed by atoms with Crippen LogP contribution in [0.25, 0.3) is 22.6 Å². The SMILES string of the molecule is CCNC(=O)[C@H]1CC[C@@H](N(C)C(=O)c2ccc(-c3nc4ccccc4o3)cc2)C1. The van der Waals surface area contributed by atoms with Gasteiger partial charge < -0.3 is 14.6 Å². The maximum Gasteiger partial charge on any atom is 0.253 e. The van der Waals surface area contributed by atoms with Gasteiger partial charge in [-0.25, -0.2) is 4.98 Å². The van der Waals surface area contributed by atoms with Gasteiger partial charge in [-0.3, -0.25) is 9.59 Å². The van der Waals surface area contributed by atoms with Crippen molar-refractivity contribution in [1.82, 2.24) is 15.2 Å².